The zero-order chi connectivity index (χ0) is 14.0. The van der Waals surface area contributed by atoms with Gasteiger partial charge in [0.1, 0.15) is 11.6 Å². The average Bonchev–Trinajstić information content (AvgIpc) is 3.10. The molecule has 2 rings (SSSR count). The minimum atomic E-state index is -0.997. The van der Waals surface area contributed by atoms with Crippen molar-refractivity contribution in [2.75, 3.05) is 0 Å². The number of phenolic OH excluding ortho intramolecular Hbond substituents is 1. The Morgan fingerprint density at radius 1 is 1.42 bits per heavy atom. The van der Waals surface area contributed by atoms with Crippen LogP contribution in [0.4, 0.5) is 4.39 Å². The van der Waals surface area contributed by atoms with Crippen LogP contribution >= 0.6 is 0 Å². The van der Waals surface area contributed by atoms with Gasteiger partial charge >= 0.3 is 5.97 Å². The van der Waals surface area contributed by atoms with Gasteiger partial charge in [-0.15, -0.1) is 0 Å². The maximum atomic E-state index is 13.5. The van der Waals surface area contributed by atoms with E-state index in [0.717, 1.165) is 18.9 Å². The van der Waals surface area contributed by atoms with E-state index in [4.69, 9.17) is 10.2 Å². The number of rotatable bonds is 5. The molecule has 0 saturated heterocycles. The number of hydrogen-bond acceptors (Lipinski definition) is 3. The predicted molar refractivity (Wildman–Crippen MR) is 64.3 cm³/mol. The van der Waals surface area contributed by atoms with E-state index in [1.165, 1.54) is 12.1 Å². The Hall–Kier alpha value is -2.11. The largest absolute Gasteiger partial charge is 0.508 e. The molecular formula is C13H14FNO4. The molecule has 0 aromatic heterocycles. The number of hydrogen-bond donors (Lipinski definition) is 3. The van der Waals surface area contributed by atoms with E-state index in [9.17, 15) is 14.0 Å². The Balaban J connectivity index is 2.08. The Labute approximate surface area is 109 Å². The molecule has 0 aliphatic heterocycles. The fraction of sp³-hybridized carbons (Fsp3) is 0.385. The van der Waals surface area contributed by atoms with E-state index in [1.54, 1.807) is 0 Å². The highest BCUT2D eigenvalue weighted by molar-refractivity contribution is 5.95. The molecule has 102 valence electrons. The van der Waals surface area contributed by atoms with Crippen molar-refractivity contribution in [3.8, 4) is 5.75 Å². The van der Waals surface area contributed by atoms with Crippen LogP contribution in [0.15, 0.2) is 18.2 Å². The highest BCUT2D eigenvalue weighted by Crippen LogP contribution is 2.34. The van der Waals surface area contributed by atoms with Crippen LogP contribution in [0.3, 0.4) is 0 Å². The molecule has 1 aromatic rings. The summed E-state index contributed by atoms with van der Waals surface area (Å²) in [7, 11) is 0. The van der Waals surface area contributed by atoms with Gasteiger partial charge in [-0.3, -0.25) is 9.59 Å². The van der Waals surface area contributed by atoms with Crippen LogP contribution in [0, 0.1) is 11.7 Å². The summed E-state index contributed by atoms with van der Waals surface area (Å²) < 4.78 is 13.5. The summed E-state index contributed by atoms with van der Waals surface area (Å²) in [6.45, 7) is 0. The van der Waals surface area contributed by atoms with Crippen molar-refractivity contribution in [2.24, 2.45) is 5.92 Å². The summed E-state index contributed by atoms with van der Waals surface area (Å²) in [6.07, 6.45) is 1.57. The molecule has 3 N–H and O–H groups in total. The maximum absolute atomic E-state index is 13.5. The van der Waals surface area contributed by atoms with Gasteiger partial charge in [-0.2, -0.15) is 0 Å². The van der Waals surface area contributed by atoms with Crippen LogP contribution in [0.5, 0.6) is 5.75 Å². The highest BCUT2D eigenvalue weighted by Gasteiger charge is 2.34. The average molecular weight is 267 g/mol. The fourth-order valence-electron chi connectivity index (χ4n) is 1.96. The summed E-state index contributed by atoms with van der Waals surface area (Å²) in [5.41, 5.74) is -0.200. The summed E-state index contributed by atoms with van der Waals surface area (Å²) in [5, 5.41) is 20.4. The fourth-order valence-corrected chi connectivity index (χ4v) is 1.96. The van der Waals surface area contributed by atoms with E-state index in [0.29, 0.717) is 0 Å². The molecule has 1 atom stereocenters. The first kappa shape index (κ1) is 13.3. The second-order valence-electron chi connectivity index (χ2n) is 4.68. The molecule has 1 aliphatic carbocycles. The first-order valence-electron chi connectivity index (χ1n) is 5.98. The Bertz CT molecular complexity index is 513. The van der Waals surface area contributed by atoms with Crippen LogP contribution in [0.25, 0.3) is 0 Å². The minimum absolute atomic E-state index is 0.153. The lowest BCUT2D eigenvalue weighted by Crippen LogP contribution is -2.38. The van der Waals surface area contributed by atoms with Crippen molar-refractivity contribution in [1.29, 1.82) is 0 Å². The van der Waals surface area contributed by atoms with Gasteiger partial charge in [0.15, 0.2) is 0 Å². The Kier molecular flexibility index (Phi) is 3.69. The molecule has 1 aromatic carbocycles. The molecular weight excluding hydrogens is 253 g/mol. The summed E-state index contributed by atoms with van der Waals surface area (Å²) in [6, 6.07) is 2.75. The van der Waals surface area contributed by atoms with Gasteiger partial charge in [0, 0.05) is 12.1 Å². The molecule has 0 heterocycles. The molecule has 1 aliphatic rings. The summed E-state index contributed by atoms with van der Waals surface area (Å²) >= 11 is 0. The summed E-state index contributed by atoms with van der Waals surface area (Å²) in [5.74, 6) is -2.60. The van der Waals surface area contributed by atoms with Crippen molar-refractivity contribution in [3.05, 3.63) is 29.6 Å². The van der Waals surface area contributed by atoms with E-state index < -0.39 is 23.7 Å². The molecule has 1 fully saturated rings. The zero-order valence-corrected chi connectivity index (χ0v) is 10.1. The first-order chi connectivity index (χ1) is 8.97. The van der Waals surface area contributed by atoms with E-state index >= 15 is 0 Å². The minimum Gasteiger partial charge on any atom is -0.508 e. The van der Waals surface area contributed by atoms with Crippen LogP contribution in [-0.2, 0) is 4.79 Å². The second kappa shape index (κ2) is 5.26. The van der Waals surface area contributed by atoms with Crippen molar-refractivity contribution in [3.63, 3.8) is 0 Å². The number of benzene rings is 1. The van der Waals surface area contributed by atoms with Crippen LogP contribution in [0.1, 0.15) is 29.6 Å². The first-order valence-corrected chi connectivity index (χ1v) is 5.98. The second-order valence-corrected chi connectivity index (χ2v) is 4.68. The van der Waals surface area contributed by atoms with Crippen molar-refractivity contribution >= 4 is 11.9 Å². The lowest BCUT2D eigenvalue weighted by Gasteiger charge is -2.16. The number of carbonyl (C=O) groups is 2. The molecule has 1 amide bonds. The van der Waals surface area contributed by atoms with Gasteiger partial charge < -0.3 is 15.5 Å². The monoisotopic (exact) mass is 267 g/mol. The van der Waals surface area contributed by atoms with E-state index in [1.807, 2.05) is 0 Å². The molecule has 5 nitrogen and oxygen atoms in total. The topological polar surface area (TPSA) is 86.6 Å². The molecule has 1 unspecified atom stereocenters. The lowest BCUT2D eigenvalue weighted by molar-refractivity contribution is -0.137. The SMILES string of the molecule is O=C(O)CC(NC(=O)c1ccc(O)cc1F)C1CC1. The van der Waals surface area contributed by atoms with Crippen LogP contribution < -0.4 is 5.32 Å². The van der Waals surface area contributed by atoms with E-state index in [-0.39, 0.29) is 23.7 Å². The summed E-state index contributed by atoms with van der Waals surface area (Å²) in [4.78, 5) is 22.6. The number of amides is 1. The number of carbonyl (C=O) groups excluding carboxylic acids is 1. The number of nitrogens with one attached hydrogen (secondary N) is 1. The standard InChI is InChI=1S/C13H14FNO4/c14-10-5-8(16)3-4-9(10)13(19)15-11(6-12(17)18)7-1-2-7/h3-5,7,11,16H,1-2,6H2,(H,15,19)(H,17,18). The molecule has 6 heteroatoms. The third kappa shape index (κ3) is 3.43. The Morgan fingerprint density at radius 3 is 2.63 bits per heavy atom. The quantitative estimate of drug-likeness (QED) is 0.754. The zero-order valence-electron chi connectivity index (χ0n) is 10.1. The molecule has 1 saturated carbocycles. The highest BCUT2D eigenvalue weighted by atomic mass is 19.1. The molecule has 0 radical (unpaired) electrons. The number of aromatic hydroxyl groups is 1. The molecule has 0 spiro atoms. The van der Waals surface area contributed by atoms with Gasteiger partial charge in [-0.25, -0.2) is 4.39 Å². The van der Waals surface area contributed by atoms with E-state index in [2.05, 4.69) is 5.32 Å². The smallest absolute Gasteiger partial charge is 0.305 e. The van der Waals surface area contributed by atoms with Crippen LogP contribution in [0.2, 0.25) is 0 Å². The normalized spacial score (nSPS) is 15.8. The number of phenols is 1. The lowest BCUT2D eigenvalue weighted by atomic mass is 10.1. The van der Waals surface area contributed by atoms with Gasteiger partial charge in [-0.1, -0.05) is 0 Å². The number of carboxylic acids is 1. The van der Waals surface area contributed by atoms with Crippen molar-refractivity contribution in [2.45, 2.75) is 25.3 Å². The third-order valence-electron chi connectivity index (χ3n) is 3.10. The maximum Gasteiger partial charge on any atom is 0.305 e. The Morgan fingerprint density at radius 2 is 2.11 bits per heavy atom. The third-order valence-corrected chi connectivity index (χ3v) is 3.10. The predicted octanol–water partition coefficient (Wildman–Crippen LogP) is 1.51. The number of aliphatic carboxylic acids is 1. The van der Waals surface area contributed by atoms with Crippen molar-refractivity contribution in [1.82, 2.24) is 5.32 Å². The number of carboxylic acid groups (broad SMARTS) is 1. The number of halogens is 1. The van der Waals surface area contributed by atoms with Gasteiger partial charge in [0.2, 0.25) is 0 Å². The van der Waals surface area contributed by atoms with Crippen molar-refractivity contribution < 1.29 is 24.2 Å². The molecule has 19 heavy (non-hydrogen) atoms. The van der Waals surface area contributed by atoms with Gasteiger partial charge in [-0.05, 0) is 30.9 Å². The molecule has 0 bridgehead atoms. The van der Waals surface area contributed by atoms with Crippen LogP contribution in [-0.4, -0.2) is 28.1 Å². The van der Waals surface area contributed by atoms with Gasteiger partial charge in [0.05, 0.1) is 12.0 Å². The van der Waals surface area contributed by atoms with Gasteiger partial charge in [0.25, 0.3) is 5.91 Å².